The largest absolute Gasteiger partial charge is 0.328 e. The van der Waals surface area contributed by atoms with Crippen molar-refractivity contribution in [1.82, 2.24) is 14.8 Å². The highest BCUT2D eigenvalue weighted by Crippen LogP contribution is 2.12. The lowest BCUT2D eigenvalue weighted by molar-refractivity contribution is -0.122. The van der Waals surface area contributed by atoms with E-state index in [0.717, 1.165) is 25.1 Å². The number of hydrogen-bond donors (Lipinski definition) is 1. The Hall–Kier alpha value is -1.23. The number of Topliss-reactive ketones (excluding diaryl/α,β-unsaturated/α-hetero) is 1. The smallest absolute Gasteiger partial charge is 0.143 e. The third kappa shape index (κ3) is 4.65. The Labute approximate surface area is 102 Å². The first-order valence-corrected chi connectivity index (χ1v) is 6.12. The molecule has 0 aliphatic rings. The zero-order valence-corrected chi connectivity index (χ0v) is 10.9. The molecule has 96 valence electrons. The summed E-state index contributed by atoms with van der Waals surface area (Å²) in [4.78, 5) is 16.0. The number of hydrogen-bond acceptors (Lipinski definition) is 4. The Kier molecular flexibility index (Phi) is 5.28. The van der Waals surface area contributed by atoms with Gasteiger partial charge >= 0.3 is 0 Å². The van der Waals surface area contributed by atoms with Gasteiger partial charge in [0.2, 0.25) is 0 Å². The zero-order valence-electron chi connectivity index (χ0n) is 10.9. The van der Waals surface area contributed by atoms with Crippen LogP contribution < -0.4 is 5.73 Å². The van der Waals surface area contributed by atoms with E-state index in [9.17, 15) is 4.79 Å². The fourth-order valence-corrected chi connectivity index (χ4v) is 1.72. The van der Waals surface area contributed by atoms with Crippen molar-refractivity contribution in [1.29, 1.82) is 0 Å². The summed E-state index contributed by atoms with van der Waals surface area (Å²) in [6, 6.07) is 0.219. The normalized spacial score (nSPS) is 14.6. The summed E-state index contributed by atoms with van der Waals surface area (Å²) >= 11 is 0. The van der Waals surface area contributed by atoms with Crippen LogP contribution >= 0.6 is 0 Å². The van der Waals surface area contributed by atoms with E-state index in [1.807, 2.05) is 13.8 Å². The number of ketones is 1. The molecule has 1 rings (SSSR count). The molecule has 0 aliphatic heterocycles. The van der Waals surface area contributed by atoms with Gasteiger partial charge in [0.15, 0.2) is 0 Å². The molecule has 2 N–H and O–H groups in total. The topological polar surface area (TPSA) is 73.8 Å². The maximum absolute atomic E-state index is 11.9. The molecule has 2 unspecified atom stereocenters. The first kappa shape index (κ1) is 13.8. The number of carbonyl (C=O) groups excluding carboxylic acids is 1. The molecule has 0 aromatic carbocycles. The molecule has 1 aromatic heterocycles. The third-order valence-corrected chi connectivity index (χ3v) is 2.98. The molecule has 0 saturated carbocycles. The summed E-state index contributed by atoms with van der Waals surface area (Å²) < 4.78 is 1.65. The maximum Gasteiger partial charge on any atom is 0.143 e. The second kappa shape index (κ2) is 6.49. The van der Waals surface area contributed by atoms with Crippen LogP contribution in [0.25, 0.3) is 0 Å². The summed E-state index contributed by atoms with van der Waals surface area (Å²) in [5.74, 6) is 1.03. The molecular weight excluding hydrogens is 216 g/mol. The number of carbonyl (C=O) groups is 1. The van der Waals surface area contributed by atoms with Crippen LogP contribution in [0.1, 0.15) is 38.9 Å². The summed E-state index contributed by atoms with van der Waals surface area (Å²) in [5.41, 5.74) is 5.68. The quantitative estimate of drug-likeness (QED) is 0.771. The maximum atomic E-state index is 11.9. The first-order chi connectivity index (χ1) is 8.00. The standard InChI is InChI=1S/C12H22N4O/c1-9(5-4-6-10(2)13)11(17)7-12-14-8-15-16(12)3/h8-10H,4-7,13H2,1-3H3. The molecule has 5 heteroatoms. The molecule has 0 aliphatic carbocycles. The Bertz CT molecular complexity index is 359. The monoisotopic (exact) mass is 238 g/mol. The van der Waals surface area contributed by atoms with Crippen LogP contribution in [0.3, 0.4) is 0 Å². The number of aryl methyl sites for hydroxylation is 1. The molecule has 5 nitrogen and oxygen atoms in total. The SMILES string of the molecule is CC(N)CCCC(C)C(=O)Cc1ncnn1C. The van der Waals surface area contributed by atoms with Gasteiger partial charge in [0, 0.05) is 19.0 Å². The van der Waals surface area contributed by atoms with E-state index in [0.29, 0.717) is 6.42 Å². The van der Waals surface area contributed by atoms with Crippen molar-refractivity contribution in [3.05, 3.63) is 12.2 Å². The molecular formula is C12H22N4O. The van der Waals surface area contributed by atoms with Crippen molar-refractivity contribution in [3.8, 4) is 0 Å². The molecule has 0 bridgehead atoms. The van der Waals surface area contributed by atoms with Crippen LogP contribution in [0.15, 0.2) is 6.33 Å². The van der Waals surface area contributed by atoms with Crippen LogP contribution in [0.5, 0.6) is 0 Å². The van der Waals surface area contributed by atoms with Gasteiger partial charge < -0.3 is 5.73 Å². The molecule has 1 aromatic rings. The third-order valence-electron chi connectivity index (χ3n) is 2.98. The average Bonchev–Trinajstić information content (AvgIpc) is 2.63. The number of aromatic nitrogens is 3. The number of rotatable bonds is 7. The lowest BCUT2D eigenvalue weighted by atomic mass is 9.96. The Morgan fingerprint density at radius 1 is 1.47 bits per heavy atom. The highest BCUT2D eigenvalue weighted by atomic mass is 16.1. The van der Waals surface area contributed by atoms with Gasteiger partial charge in [-0.15, -0.1) is 0 Å². The van der Waals surface area contributed by atoms with Crippen molar-refractivity contribution in [2.24, 2.45) is 18.7 Å². The van der Waals surface area contributed by atoms with Gasteiger partial charge in [-0.25, -0.2) is 4.98 Å². The van der Waals surface area contributed by atoms with E-state index >= 15 is 0 Å². The lowest BCUT2D eigenvalue weighted by Gasteiger charge is -2.11. The van der Waals surface area contributed by atoms with Crippen LogP contribution in [-0.4, -0.2) is 26.6 Å². The van der Waals surface area contributed by atoms with E-state index in [1.54, 1.807) is 11.7 Å². The molecule has 2 atom stereocenters. The molecule has 0 fully saturated rings. The Balaban J connectivity index is 2.35. The molecule has 17 heavy (non-hydrogen) atoms. The molecule has 0 amide bonds. The zero-order chi connectivity index (χ0) is 12.8. The van der Waals surface area contributed by atoms with E-state index in [1.165, 1.54) is 6.33 Å². The fourth-order valence-electron chi connectivity index (χ4n) is 1.72. The minimum absolute atomic E-state index is 0.0745. The molecule has 0 saturated heterocycles. The van der Waals surface area contributed by atoms with Crippen LogP contribution in [0.4, 0.5) is 0 Å². The van der Waals surface area contributed by atoms with Crippen molar-refractivity contribution < 1.29 is 4.79 Å². The predicted molar refractivity (Wildman–Crippen MR) is 66.4 cm³/mol. The fraction of sp³-hybridized carbons (Fsp3) is 0.750. The number of nitrogens with zero attached hydrogens (tertiary/aromatic N) is 3. The van der Waals surface area contributed by atoms with Crippen LogP contribution in [-0.2, 0) is 18.3 Å². The Morgan fingerprint density at radius 2 is 2.18 bits per heavy atom. The highest BCUT2D eigenvalue weighted by Gasteiger charge is 2.15. The van der Waals surface area contributed by atoms with Gasteiger partial charge in [0.25, 0.3) is 0 Å². The van der Waals surface area contributed by atoms with E-state index in [2.05, 4.69) is 10.1 Å². The minimum atomic E-state index is 0.0745. The van der Waals surface area contributed by atoms with Gasteiger partial charge in [-0.1, -0.05) is 13.3 Å². The average molecular weight is 238 g/mol. The van der Waals surface area contributed by atoms with Crippen molar-refractivity contribution in [2.45, 2.75) is 45.6 Å². The summed E-state index contributed by atoms with van der Waals surface area (Å²) in [5, 5.41) is 3.95. The minimum Gasteiger partial charge on any atom is -0.328 e. The highest BCUT2D eigenvalue weighted by molar-refractivity contribution is 5.82. The van der Waals surface area contributed by atoms with Crippen molar-refractivity contribution in [2.75, 3.05) is 0 Å². The molecule has 0 spiro atoms. The second-order valence-corrected chi connectivity index (χ2v) is 4.75. The van der Waals surface area contributed by atoms with Gasteiger partial charge in [0.1, 0.15) is 17.9 Å². The van der Waals surface area contributed by atoms with Gasteiger partial charge in [-0.2, -0.15) is 5.10 Å². The van der Waals surface area contributed by atoms with Gasteiger partial charge in [-0.3, -0.25) is 9.48 Å². The lowest BCUT2D eigenvalue weighted by Crippen LogP contribution is -2.18. The predicted octanol–water partition coefficient (Wildman–Crippen LogP) is 1.08. The first-order valence-electron chi connectivity index (χ1n) is 6.12. The van der Waals surface area contributed by atoms with Crippen molar-refractivity contribution >= 4 is 5.78 Å². The summed E-state index contributed by atoms with van der Waals surface area (Å²) in [6.45, 7) is 3.96. The Morgan fingerprint density at radius 3 is 2.71 bits per heavy atom. The van der Waals surface area contributed by atoms with Gasteiger partial charge in [-0.05, 0) is 19.8 Å². The number of nitrogens with two attached hydrogens (primary N) is 1. The molecule has 0 radical (unpaired) electrons. The van der Waals surface area contributed by atoms with E-state index in [4.69, 9.17) is 5.73 Å². The summed E-state index contributed by atoms with van der Waals surface area (Å²) in [6.07, 6.45) is 4.72. The van der Waals surface area contributed by atoms with E-state index in [-0.39, 0.29) is 17.7 Å². The molecule has 1 heterocycles. The van der Waals surface area contributed by atoms with Crippen LogP contribution in [0.2, 0.25) is 0 Å². The second-order valence-electron chi connectivity index (χ2n) is 4.75. The van der Waals surface area contributed by atoms with Gasteiger partial charge in [0.05, 0.1) is 6.42 Å². The summed E-state index contributed by atoms with van der Waals surface area (Å²) in [7, 11) is 1.80. The van der Waals surface area contributed by atoms with Crippen LogP contribution in [0, 0.1) is 5.92 Å². The van der Waals surface area contributed by atoms with Crippen molar-refractivity contribution in [3.63, 3.8) is 0 Å². The van der Waals surface area contributed by atoms with E-state index < -0.39 is 0 Å².